The van der Waals surface area contributed by atoms with Crippen molar-refractivity contribution in [2.45, 2.75) is 52.1 Å². The average molecular weight is 208 g/mol. The molecule has 0 aliphatic rings. The SMILES string of the molecule is C=CCCC(C)(CC)OC(=C)C(=C)CC. The summed E-state index contributed by atoms with van der Waals surface area (Å²) in [6.45, 7) is 17.9. The summed E-state index contributed by atoms with van der Waals surface area (Å²) in [5, 5.41) is 0. The molecule has 1 heteroatoms. The van der Waals surface area contributed by atoms with Gasteiger partial charge in [0.15, 0.2) is 0 Å². The van der Waals surface area contributed by atoms with Crippen LogP contribution in [0.5, 0.6) is 0 Å². The molecule has 1 atom stereocenters. The van der Waals surface area contributed by atoms with Crippen molar-refractivity contribution in [2.75, 3.05) is 0 Å². The Morgan fingerprint density at radius 3 is 2.33 bits per heavy atom. The van der Waals surface area contributed by atoms with E-state index in [2.05, 4.69) is 40.5 Å². The molecule has 0 aliphatic heterocycles. The molecule has 0 aromatic heterocycles. The summed E-state index contributed by atoms with van der Waals surface area (Å²) >= 11 is 0. The maximum absolute atomic E-state index is 5.90. The lowest BCUT2D eigenvalue weighted by Crippen LogP contribution is -2.27. The number of allylic oxidation sites excluding steroid dienone is 2. The molecule has 1 unspecified atom stereocenters. The Morgan fingerprint density at radius 2 is 1.93 bits per heavy atom. The Morgan fingerprint density at radius 1 is 1.33 bits per heavy atom. The summed E-state index contributed by atoms with van der Waals surface area (Å²) in [4.78, 5) is 0. The van der Waals surface area contributed by atoms with Gasteiger partial charge in [-0.25, -0.2) is 0 Å². The monoisotopic (exact) mass is 208 g/mol. The zero-order chi connectivity index (χ0) is 11.9. The molecule has 0 aromatic rings. The molecule has 0 aromatic carbocycles. The molecular formula is C14H24O. The lowest BCUT2D eigenvalue weighted by molar-refractivity contribution is 0.0127. The minimum Gasteiger partial charge on any atom is -0.488 e. The molecule has 0 bridgehead atoms. The predicted molar refractivity (Wildman–Crippen MR) is 67.8 cm³/mol. The first kappa shape index (κ1) is 14.0. The summed E-state index contributed by atoms with van der Waals surface area (Å²) < 4.78 is 5.90. The highest BCUT2D eigenvalue weighted by molar-refractivity contribution is 5.19. The third-order valence-electron chi connectivity index (χ3n) is 2.82. The molecule has 86 valence electrons. The lowest BCUT2D eigenvalue weighted by atomic mass is 9.96. The van der Waals surface area contributed by atoms with Crippen LogP contribution in [0, 0.1) is 0 Å². The first-order valence-corrected chi connectivity index (χ1v) is 5.66. The molecule has 0 spiro atoms. The molecule has 0 N–H and O–H groups in total. The van der Waals surface area contributed by atoms with E-state index in [1.54, 1.807) is 0 Å². The van der Waals surface area contributed by atoms with Crippen molar-refractivity contribution < 1.29 is 4.74 Å². The van der Waals surface area contributed by atoms with Gasteiger partial charge in [0.2, 0.25) is 0 Å². The van der Waals surface area contributed by atoms with Crippen LogP contribution < -0.4 is 0 Å². The van der Waals surface area contributed by atoms with E-state index in [-0.39, 0.29) is 5.60 Å². The molecule has 0 saturated heterocycles. The normalized spacial score (nSPS) is 14.1. The number of hydrogen-bond acceptors (Lipinski definition) is 1. The average Bonchev–Trinajstić information content (AvgIpc) is 2.25. The van der Waals surface area contributed by atoms with Gasteiger partial charge in [-0.3, -0.25) is 0 Å². The summed E-state index contributed by atoms with van der Waals surface area (Å²) in [5.41, 5.74) is 0.844. The van der Waals surface area contributed by atoms with Crippen LogP contribution in [0.1, 0.15) is 46.5 Å². The predicted octanol–water partition coefficient (Wildman–Crippen LogP) is 4.62. The van der Waals surface area contributed by atoms with E-state index in [4.69, 9.17) is 4.74 Å². The van der Waals surface area contributed by atoms with Crippen LogP contribution in [0.3, 0.4) is 0 Å². The second-order valence-electron chi connectivity index (χ2n) is 4.11. The van der Waals surface area contributed by atoms with Crippen LogP contribution in [-0.2, 0) is 4.74 Å². The Kier molecular flexibility index (Phi) is 6.07. The van der Waals surface area contributed by atoms with Gasteiger partial charge in [0.05, 0.1) is 0 Å². The quantitative estimate of drug-likeness (QED) is 0.321. The van der Waals surface area contributed by atoms with Gasteiger partial charge in [-0.05, 0) is 38.2 Å². The zero-order valence-electron chi connectivity index (χ0n) is 10.4. The van der Waals surface area contributed by atoms with Gasteiger partial charge >= 0.3 is 0 Å². The van der Waals surface area contributed by atoms with Gasteiger partial charge in [-0.15, -0.1) is 6.58 Å². The zero-order valence-corrected chi connectivity index (χ0v) is 10.4. The fourth-order valence-electron chi connectivity index (χ4n) is 1.27. The van der Waals surface area contributed by atoms with Gasteiger partial charge in [-0.1, -0.05) is 33.1 Å². The van der Waals surface area contributed by atoms with Gasteiger partial charge in [0.1, 0.15) is 11.4 Å². The topological polar surface area (TPSA) is 9.23 Å². The number of ether oxygens (including phenoxy) is 1. The molecular weight excluding hydrogens is 184 g/mol. The van der Waals surface area contributed by atoms with Crippen molar-refractivity contribution in [3.8, 4) is 0 Å². The van der Waals surface area contributed by atoms with Crippen LogP contribution in [0.4, 0.5) is 0 Å². The first-order valence-electron chi connectivity index (χ1n) is 5.66. The molecule has 0 rings (SSSR count). The van der Waals surface area contributed by atoms with E-state index >= 15 is 0 Å². The Balaban J connectivity index is 4.35. The number of rotatable bonds is 8. The Hall–Kier alpha value is -0.980. The Bertz CT molecular complexity index is 240. The van der Waals surface area contributed by atoms with Crippen LogP contribution in [0.15, 0.2) is 37.1 Å². The summed E-state index contributed by atoms with van der Waals surface area (Å²) in [7, 11) is 0. The van der Waals surface area contributed by atoms with Gasteiger partial charge in [-0.2, -0.15) is 0 Å². The van der Waals surface area contributed by atoms with E-state index in [1.165, 1.54) is 0 Å². The smallest absolute Gasteiger partial charge is 0.115 e. The van der Waals surface area contributed by atoms with Crippen molar-refractivity contribution in [2.24, 2.45) is 0 Å². The number of hydrogen-bond donors (Lipinski definition) is 0. The van der Waals surface area contributed by atoms with E-state index in [0.717, 1.165) is 37.0 Å². The molecule has 0 amide bonds. The van der Waals surface area contributed by atoms with Crippen LogP contribution >= 0.6 is 0 Å². The molecule has 1 nitrogen and oxygen atoms in total. The van der Waals surface area contributed by atoms with Crippen LogP contribution in [0.25, 0.3) is 0 Å². The highest BCUT2D eigenvalue weighted by Crippen LogP contribution is 2.27. The molecule has 0 radical (unpaired) electrons. The molecule has 0 saturated carbocycles. The van der Waals surface area contributed by atoms with Crippen molar-refractivity contribution in [3.05, 3.63) is 37.1 Å². The minimum absolute atomic E-state index is 0.136. The Labute approximate surface area is 94.5 Å². The summed E-state index contributed by atoms with van der Waals surface area (Å²) in [5.74, 6) is 0.728. The van der Waals surface area contributed by atoms with Gasteiger partial charge in [0.25, 0.3) is 0 Å². The second-order valence-corrected chi connectivity index (χ2v) is 4.11. The second kappa shape index (κ2) is 6.49. The lowest BCUT2D eigenvalue weighted by Gasteiger charge is -2.30. The molecule has 0 aliphatic carbocycles. The maximum atomic E-state index is 5.90. The van der Waals surface area contributed by atoms with E-state index in [9.17, 15) is 0 Å². The van der Waals surface area contributed by atoms with Crippen LogP contribution in [0.2, 0.25) is 0 Å². The maximum Gasteiger partial charge on any atom is 0.115 e. The van der Waals surface area contributed by atoms with E-state index in [0.29, 0.717) is 0 Å². The largest absolute Gasteiger partial charge is 0.488 e. The van der Waals surface area contributed by atoms with Gasteiger partial charge in [0, 0.05) is 0 Å². The highest BCUT2D eigenvalue weighted by Gasteiger charge is 2.23. The fraction of sp³-hybridized carbons (Fsp3) is 0.571. The van der Waals surface area contributed by atoms with Crippen molar-refractivity contribution in [1.82, 2.24) is 0 Å². The van der Waals surface area contributed by atoms with Crippen molar-refractivity contribution >= 4 is 0 Å². The van der Waals surface area contributed by atoms with E-state index < -0.39 is 0 Å². The molecule has 0 heterocycles. The highest BCUT2D eigenvalue weighted by atomic mass is 16.5. The fourth-order valence-corrected chi connectivity index (χ4v) is 1.27. The standard InChI is InChI=1S/C14H24O/c1-7-10-11-14(6,9-3)15-13(5)12(4)8-2/h7H,1,4-5,8-11H2,2-3,6H3. The van der Waals surface area contributed by atoms with E-state index in [1.807, 2.05) is 6.08 Å². The van der Waals surface area contributed by atoms with Crippen molar-refractivity contribution in [1.29, 1.82) is 0 Å². The summed E-state index contributed by atoms with van der Waals surface area (Å²) in [6, 6.07) is 0. The third-order valence-corrected chi connectivity index (χ3v) is 2.82. The third kappa shape index (κ3) is 4.87. The van der Waals surface area contributed by atoms with Crippen LogP contribution in [-0.4, -0.2) is 5.60 Å². The summed E-state index contributed by atoms with van der Waals surface area (Å²) in [6.07, 6.45) is 5.73. The molecule has 0 fully saturated rings. The van der Waals surface area contributed by atoms with Gasteiger partial charge < -0.3 is 4.74 Å². The first-order chi connectivity index (χ1) is 6.99. The van der Waals surface area contributed by atoms with Crippen molar-refractivity contribution in [3.63, 3.8) is 0 Å². The molecule has 15 heavy (non-hydrogen) atoms. The minimum atomic E-state index is -0.136.